The number of urea groups is 1. The van der Waals surface area contributed by atoms with E-state index in [-0.39, 0.29) is 23.5 Å². The average Bonchev–Trinajstić information content (AvgIpc) is 2.76. The first-order valence-corrected chi connectivity index (χ1v) is 6.87. The van der Waals surface area contributed by atoms with Gasteiger partial charge in [-0.05, 0) is 13.8 Å². The molecule has 1 rings (SSSR count). The number of carboxylic acid groups (broad SMARTS) is 1. The van der Waals surface area contributed by atoms with Gasteiger partial charge in [0.15, 0.2) is 0 Å². The summed E-state index contributed by atoms with van der Waals surface area (Å²) in [6.07, 6.45) is 0. The third kappa shape index (κ3) is 4.17. The summed E-state index contributed by atoms with van der Waals surface area (Å²) in [6, 6.07) is -0.299. The lowest BCUT2D eigenvalue weighted by Gasteiger charge is -2.24. The fourth-order valence-corrected chi connectivity index (χ4v) is 2.40. The molecule has 0 aliphatic heterocycles. The molecule has 0 radical (unpaired) electrons. The van der Waals surface area contributed by atoms with Crippen LogP contribution in [0, 0.1) is 6.92 Å². The maximum absolute atomic E-state index is 11.9. The van der Waals surface area contributed by atoms with Crippen LogP contribution in [0.2, 0.25) is 0 Å². The summed E-state index contributed by atoms with van der Waals surface area (Å²) in [5.41, 5.74) is 0.466. The molecule has 1 unspecified atom stereocenters. The molecule has 0 saturated carbocycles. The summed E-state index contributed by atoms with van der Waals surface area (Å²) >= 11 is 1.07. The summed E-state index contributed by atoms with van der Waals surface area (Å²) in [5.74, 6) is -0.997. The van der Waals surface area contributed by atoms with Crippen LogP contribution in [0.5, 0.6) is 0 Å². The number of nitrogens with one attached hydrogen (secondary N) is 1. The van der Waals surface area contributed by atoms with E-state index in [9.17, 15) is 9.59 Å². The molecular formula is C12H19N3O4S. The number of carboxylic acids is 1. The number of carbonyl (C=O) groups excluding carboxylic acids is 1. The number of aromatic carboxylic acids is 1. The number of nitrogens with zero attached hydrogens (tertiary/aromatic N) is 2. The molecule has 0 saturated heterocycles. The third-order valence-corrected chi connectivity index (χ3v) is 3.96. The van der Waals surface area contributed by atoms with E-state index in [1.54, 1.807) is 21.1 Å². The van der Waals surface area contributed by atoms with Crippen molar-refractivity contribution in [1.82, 2.24) is 15.2 Å². The van der Waals surface area contributed by atoms with Gasteiger partial charge < -0.3 is 20.1 Å². The van der Waals surface area contributed by atoms with E-state index in [1.165, 1.54) is 4.90 Å². The normalized spacial score (nSPS) is 12.0. The zero-order chi connectivity index (χ0) is 15.3. The molecule has 20 heavy (non-hydrogen) atoms. The predicted molar refractivity (Wildman–Crippen MR) is 75.1 cm³/mol. The first-order valence-electron chi connectivity index (χ1n) is 6.06. The van der Waals surface area contributed by atoms with Gasteiger partial charge in [-0.15, -0.1) is 11.3 Å². The number of aryl methyl sites for hydroxylation is 1. The fourth-order valence-electron chi connectivity index (χ4n) is 1.56. The van der Waals surface area contributed by atoms with Gasteiger partial charge >= 0.3 is 12.0 Å². The summed E-state index contributed by atoms with van der Waals surface area (Å²) in [7, 11) is 3.25. The molecule has 8 heteroatoms. The summed E-state index contributed by atoms with van der Waals surface area (Å²) in [6.45, 7) is 4.17. The molecule has 1 aromatic rings. The quantitative estimate of drug-likeness (QED) is 0.827. The molecule has 7 nitrogen and oxygen atoms in total. The fraction of sp³-hybridized carbons (Fsp3) is 0.583. The van der Waals surface area contributed by atoms with Crippen LogP contribution >= 0.6 is 11.3 Å². The SMILES string of the molecule is COCC(C)N(C)C(=O)NCc1nc(C)c(C(=O)O)s1. The Kier molecular flexibility index (Phi) is 5.90. The molecular weight excluding hydrogens is 282 g/mol. The number of carbonyl (C=O) groups is 2. The first-order chi connectivity index (χ1) is 9.36. The number of hydrogen-bond acceptors (Lipinski definition) is 5. The number of ether oxygens (including phenoxy) is 1. The van der Waals surface area contributed by atoms with Gasteiger partial charge in [0.1, 0.15) is 9.88 Å². The van der Waals surface area contributed by atoms with Gasteiger partial charge in [0.2, 0.25) is 0 Å². The van der Waals surface area contributed by atoms with Crippen molar-refractivity contribution in [2.75, 3.05) is 20.8 Å². The number of likely N-dealkylation sites (N-methyl/N-ethyl adjacent to an activating group) is 1. The minimum Gasteiger partial charge on any atom is -0.477 e. The third-order valence-electron chi connectivity index (χ3n) is 2.82. The second-order valence-corrected chi connectivity index (χ2v) is 5.48. The Balaban J connectivity index is 2.56. The second kappa shape index (κ2) is 7.20. The van der Waals surface area contributed by atoms with E-state index in [1.807, 2.05) is 6.92 Å². The number of amides is 2. The van der Waals surface area contributed by atoms with Crippen LogP contribution in [0.3, 0.4) is 0 Å². The maximum atomic E-state index is 11.9. The zero-order valence-electron chi connectivity index (χ0n) is 12.0. The van der Waals surface area contributed by atoms with Gasteiger partial charge in [0.05, 0.1) is 24.9 Å². The van der Waals surface area contributed by atoms with E-state index >= 15 is 0 Å². The molecule has 1 heterocycles. The smallest absolute Gasteiger partial charge is 0.347 e. The van der Waals surface area contributed by atoms with Crippen molar-refractivity contribution >= 4 is 23.3 Å². The zero-order valence-corrected chi connectivity index (χ0v) is 12.8. The highest BCUT2D eigenvalue weighted by Gasteiger charge is 2.17. The van der Waals surface area contributed by atoms with Crippen molar-refractivity contribution in [3.8, 4) is 0 Å². The number of hydrogen-bond donors (Lipinski definition) is 2. The van der Waals surface area contributed by atoms with Crippen molar-refractivity contribution in [3.05, 3.63) is 15.6 Å². The van der Waals surface area contributed by atoms with Crippen LogP contribution in [0.4, 0.5) is 4.79 Å². The van der Waals surface area contributed by atoms with Crippen molar-refractivity contribution in [1.29, 1.82) is 0 Å². The summed E-state index contributed by atoms with van der Waals surface area (Å²) in [5, 5.41) is 12.2. The highest BCUT2D eigenvalue weighted by molar-refractivity contribution is 7.13. The van der Waals surface area contributed by atoms with Gasteiger partial charge in [-0.1, -0.05) is 0 Å². The lowest BCUT2D eigenvalue weighted by molar-refractivity contribution is 0.0701. The van der Waals surface area contributed by atoms with Crippen molar-refractivity contribution in [2.24, 2.45) is 0 Å². The Hall–Kier alpha value is -1.67. The molecule has 1 aromatic heterocycles. The molecule has 0 aliphatic rings. The van der Waals surface area contributed by atoms with Gasteiger partial charge in [-0.25, -0.2) is 14.6 Å². The molecule has 1 atom stereocenters. The first kappa shape index (κ1) is 16.4. The highest BCUT2D eigenvalue weighted by atomic mass is 32.1. The second-order valence-electron chi connectivity index (χ2n) is 4.40. The Labute approximate surface area is 121 Å². The summed E-state index contributed by atoms with van der Waals surface area (Å²) in [4.78, 5) is 28.6. The van der Waals surface area contributed by atoms with E-state index < -0.39 is 5.97 Å². The number of aromatic nitrogens is 1. The number of rotatable bonds is 6. The molecule has 2 amide bonds. The van der Waals surface area contributed by atoms with Crippen LogP contribution < -0.4 is 5.32 Å². The van der Waals surface area contributed by atoms with Gasteiger partial charge in [0.25, 0.3) is 0 Å². The largest absolute Gasteiger partial charge is 0.477 e. The lowest BCUT2D eigenvalue weighted by atomic mass is 10.3. The van der Waals surface area contributed by atoms with Crippen LogP contribution in [-0.4, -0.2) is 53.8 Å². The average molecular weight is 301 g/mol. The number of methoxy groups -OCH3 is 1. The lowest BCUT2D eigenvalue weighted by Crippen LogP contribution is -2.43. The van der Waals surface area contributed by atoms with Gasteiger partial charge in [-0.3, -0.25) is 0 Å². The van der Waals surface area contributed by atoms with Crippen LogP contribution in [-0.2, 0) is 11.3 Å². The van der Waals surface area contributed by atoms with E-state index in [0.717, 1.165) is 11.3 Å². The molecule has 0 bridgehead atoms. The molecule has 0 aromatic carbocycles. The maximum Gasteiger partial charge on any atom is 0.347 e. The van der Waals surface area contributed by atoms with Crippen molar-refractivity contribution in [2.45, 2.75) is 26.4 Å². The van der Waals surface area contributed by atoms with Crippen LogP contribution in [0.15, 0.2) is 0 Å². The highest BCUT2D eigenvalue weighted by Crippen LogP contribution is 2.17. The van der Waals surface area contributed by atoms with E-state index in [4.69, 9.17) is 9.84 Å². The van der Waals surface area contributed by atoms with Gasteiger partial charge in [0, 0.05) is 14.2 Å². The van der Waals surface area contributed by atoms with E-state index in [2.05, 4.69) is 10.3 Å². The Bertz CT molecular complexity index is 489. The molecule has 0 fully saturated rings. The van der Waals surface area contributed by atoms with Crippen molar-refractivity contribution < 1.29 is 19.4 Å². The van der Waals surface area contributed by atoms with E-state index in [0.29, 0.717) is 17.3 Å². The molecule has 0 spiro atoms. The topological polar surface area (TPSA) is 91.8 Å². The van der Waals surface area contributed by atoms with Gasteiger partial charge in [-0.2, -0.15) is 0 Å². The standard InChI is InChI=1S/C12H19N3O4S/c1-7(6-19-4)15(3)12(18)13-5-9-14-8(2)10(20-9)11(16)17/h7H,5-6H2,1-4H3,(H,13,18)(H,16,17). The predicted octanol–water partition coefficient (Wildman–Crippen LogP) is 1.33. The monoisotopic (exact) mass is 301 g/mol. The Morgan fingerprint density at radius 1 is 1.55 bits per heavy atom. The molecule has 112 valence electrons. The summed E-state index contributed by atoms with van der Waals surface area (Å²) < 4.78 is 4.99. The van der Waals surface area contributed by atoms with Crippen LogP contribution in [0.25, 0.3) is 0 Å². The minimum atomic E-state index is -0.997. The van der Waals surface area contributed by atoms with Crippen molar-refractivity contribution in [3.63, 3.8) is 0 Å². The number of thiazole rings is 1. The molecule has 0 aliphatic carbocycles. The van der Waals surface area contributed by atoms with Crippen LogP contribution in [0.1, 0.15) is 27.3 Å². The molecule has 2 N–H and O–H groups in total. The Morgan fingerprint density at radius 2 is 2.20 bits per heavy atom. The minimum absolute atomic E-state index is 0.0485. The Morgan fingerprint density at radius 3 is 2.70 bits per heavy atom.